The molecule has 8 heteroatoms. The van der Waals surface area contributed by atoms with Gasteiger partial charge in [0, 0.05) is 29.2 Å². The summed E-state index contributed by atoms with van der Waals surface area (Å²) in [5.41, 5.74) is 0.759. The number of nitro benzene ring substituents is 1. The fourth-order valence-electron chi connectivity index (χ4n) is 2.22. The van der Waals surface area contributed by atoms with Crippen molar-refractivity contribution in [3.63, 3.8) is 0 Å². The molecule has 0 saturated carbocycles. The van der Waals surface area contributed by atoms with E-state index < -0.39 is 4.92 Å². The van der Waals surface area contributed by atoms with Crippen LogP contribution in [0.3, 0.4) is 0 Å². The van der Waals surface area contributed by atoms with Crippen LogP contribution in [0.4, 0.5) is 5.69 Å². The van der Waals surface area contributed by atoms with Gasteiger partial charge in [-0.1, -0.05) is 22.0 Å². The van der Waals surface area contributed by atoms with E-state index in [9.17, 15) is 14.9 Å². The van der Waals surface area contributed by atoms with Crippen LogP contribution in [0.2, 0.25) is 0 Å². The van der Waals surface area contributed by atoms with Crippen LogP contribution in [0.1, 0.15) is 18.4 Å². The van der Waals surface area contributed by atoms with Gasteiger partial charge in [0.25, 0.3) is 5.69 Å². The lowest BCUT2D eigenvalue weighted by Crippen LogP contribution is -2.46. The molecule has 2 rings (SSSR count). The third-order valence-electron chi connectivity index (χ3n) is 3.26. The molecule has 0 bridgehead atoms. The van der Waals surface area contributed by atoms with E-state index in [1.807, 2.05) is 0 Å². The van der Waals surface area contributed by atoms with Crippen LogP contribution in [0.15, 0.2) is 22.7 Å². The molecule has 0 radical (unpaired) electrons. The van der Waals surface area contributed by atoms with Gasteiger partial charge in [-0.15, -0.1) is 12.4 Å². The van der Waals surface area contributed by atoms with Crippen molar-refractivity contribution in [2.75, 3.05) is 13.1 Å². The first kappa shape index (κ1) is 17.9. The Morgan fingerprint density at radius 3 is 2.86 bits per heavy atom. The van der Waals surface area contributed by atoms with Crippen LogP contribution >= 0.6 is 28.3 Å². The van der Waals surface area contributed by atoms with Crippen LogP contribution in [-0.2, 0) is 11.2 Å². The first-order valence-corrected chi connectivity index (χ1v) is 7.28. The Morgan fingerprint density at radius 2 is 2.29 bits per heavy atom. The number of benzene rings is 1. The van der Waals surface area contributed by atoms with Crippen LogP contribution in [0.5, 0.6) is 0 Å². The minimum absolute atomic E-state index is 0. The number of nitro groups is 1. The highest BCUT2D eigenvalue weighted by Crippen LogP contribution is 2.23. The number of halogens is 2. The fraction of sp³-hybridized carbons (Fsp3) is 0.462. The van der Waals surface area contributed by atoms with Gasteiger partial charge in [0.2, 0.25) is 5.91 Å². The SMILES string of the molecule is Cl.O=C(Cc1ccc([N+](=O)[O-])cc1Br)N[C@H]1CCCNC1. The fourth-order valence-corrected chi connectivity index (χ4v) is 2.73. The molecule has 21 heavy (non-hydrogen) atoms. The van der Waals surface area contributed by atoms with Gasteiger partial charge in [0.05, 0.1) is 11.3 Å². The number of nitrogens with zero attached hydrogens (tertiary/aromatic N) is 1. The first-order valence-electron chi connectivity index (χ1n) is 6.49. The quantitative estimate of drug-likeness (QED) is 0.621. The largest absolute Gasteiger partial charge is 0.352 e. The molecular formula is C13H17BrClN3O3. The van der Waals surface area contributed by atoms with E-state index >= 15 is 0 Å². The number of amides is 1. The second kappa shape index (κ2) is 8.31. The molecule has 6 nitrogen and oxygen atoms in total. The zero-order valence-corrected chi connectivity index (χ0v) is 13.7. The summed E-state index contributed by atoms with van der Waals surface area (Å²) in [4.78, 5) is 22.1. The molecule has 0 spiro atoms. The number of hydrogen-bond donors (Lipinski definition) is 2. The second-order valence-corrected chi connectivity index (χ2v) is 5.67. The highest BCUT2D eigenvalue weighted by molar-refractivity contribution is 9.10. The third kappa shape index (κ3) is 5.26. The van der Waals surface area contributed by atoms with Crippen LogP contribution in [-0.4, -0.2) is 30.0 Å². The number of non-ortho nitro benzene ring substituents is 1. The molecule has 1 amide bonds. The number of carbonyl (C=O) groups is 1. The average Bonchev–Trinajstić information content (AvgIpc) is 2.42. The Labute approximate surface area is 137 Å². The Balaban J connectivity index is 0.00000220. The highest BCUT2D eigenvalue weighted by atomic mass is 79.9. The predicted octanol–water partition coefficient (Wildman–Crippen LogP) is 2.19. The standard InChI is InChI=1S/C13H16BrN3O3.ClH/c14-12-7-11(17(19)20)4-3-9(12)6-13(18)16-10-2-1-5-15-8-10;/h3-4,7,10,15H,1-2,5-6,8H2,(H,16,18);1H/t10-;/m0./s1. The lowest BCUT2D eigenvalue weighted by molar-refractivity contribution is -0.384. The van der Waals surface area contributed by atoms with Crippen LogP contribution in [0, 0.1) is 10.1 Å². The minimum Gasteiger partial charge on any atom is -0.352 e. The van der Waals surface area contributed by atoms with Gasteiger partial charge in [-0.2, -0.15) is 0 Å². The monoisotopic (exact) mass is 377 g/mol. The van der Waals surface area contributed by atoms with Gasteiger partial charge < -0.3 is 10.6 Å². The van der Waals surface area contributed by atoms with Crippen molar-refractivity contribution < 1.29 is 9.72 Å². The molecule has 116 valence electrons. The molecule has 0 aromatic heterocycles. The normalized spacial score (nSPS) is 17.7. The van der Waals surface area contributed by atoms with E-state index in [0.29, 0.717) is 4.47 Å². The number of hydrogen-bond acceptors (Lipinski definition) is 4. The second-order valence-electron chi connectivity index (χ2n) is 4.82. The molecule has 1 aromatic carbocycles. The summed E-state index contributed by atoms with van der Waals surface area (Å²) < 4.78 is 0.587. The Hall–Kier alpha value is -1.18. The van der Waals surface area contributed by atoms with Crippen molar-refractivity contribution in [2.45, 2.75) is 25.3 Å². The van der Waals surface area contributed by atoms with E-state index in [2.05, 4.69) is 26.6 Å². The average molecular weight is 379 g/mol. The van der Waals surface area contributed by atoms with E-state index in [4.69, 9.17) is 0 Å². The molecule has 1 atom stereocenters. The van der Waals surface area contributed by atoms with Crippen LogP contribution < -0.4 is 10.6 Å². The Morgan fingerprint density at radius 1 is 1.52 bits per heavy atom. The molecule has 1 saturated heterocycles. The third-order valence-corrected chi connectivity index (χ3v) is 4.00. The zero-order valence-electron chi connectivity index (χ0n) is 11.3. The predicted molar refractivity (Wildman–Crippen MR) is 85.8 cm³/mol. The summed E-state index contributed by atoms with van der Waals surface area (Å²) in [7, 11) is 0. The van der Waals surface area contributed by atoms with Gasteiger partial charge >= 0.3 is 0 Å². The van der Waals surface area contributed by atoms with Crippen molar-refractivity contribution in [1.82, 2.24) is 10.6 Å². The maximum Gasteiger partial charge on any atom is 0.270 e. The highest BCUT2D eigenvalue weighted by Gasteiger charge is 2.17. The van der Waals surface area contributed by atoms with E-state index in [0.717, 1.165) is 31.5 Å². The van der Waals surface area contributed by atoms with Gasteiger partial charge in [0.1, 0.15) is 0 Å². The molecular weight excluding hydrogens is 362 g/mol. The van der Waals surface area contributed by atoms with Gasteiger partial charge in [-0.25, -0.2) is 0 Å². The lowest BCUT2D eigenvalue weighted by Gasteiger charge is -2.23. The smallest absolute Gasteiger partial charge is 0.270 e. The molecule has 0 unspecified atom stereocenters. The van der Waals surface area contributed by atoms with Crippen molar-refractivity contribution in [3.05, 3.63) is 38.3 Å². The number of rotatable bonds is 4. The summed E-state index contributed by atoms with van der Waals surface area (Å²) in [6.45, 7) is 1.80. The molecule has 0 aliphatic carbocycles. The van der Waals surface area contributed by atoms with E-state index in [1.165, 1.54) is 12.1 Å². The number of carbonyl (C=O) groups excluding carboxylic acids is 1. The Bertz CT molecular complexity index is 521. The summed E-state index contributed by atoms with van der Waals surface area (Å²) >= 11 is 3.27. The van der Waals surface area contributed by atoms with Gasteiger partial charge in [0.15, 0.2) is 0 Å². The van der Waals surface area contributed by atoms with Crippen LogP contribution in [0.25, 0.3) is 0 Å². The molecule has 1 aliphatic rings. The summed E-state index contributed by atoms with van der Waals surface area (Å²) in [5.74, 6) is -0.0618. The summed E-state index contributed by atoms with van der Waals surface area (Å²) in [5, 5.41) is 16.9. The van der Waals surface area contributed by atoms with Gasteiger partial charge in [-0.3, -0.25) is 14.9 Å². The van der Waals surface area contributed by atoms with Crippen molar-refractivity contribution in [2.24, 2.45) is 0 Å². The minimum atomic E-state index is -0.456. The Kier molecular flexibility index (Phi) is 7.07. The van der Waals surface area contributed by atoms with Gasteiger partial charge in [-0.05, 0) is 24.9 Å². The maximum absolute atomic E-state index is 12.0. The zero-order chi connectivity index (χ0) is 14.5. The summed E-state index contributed by atoms with van der Waals surface area (Å²) in [6.07, 6.45) is 2.27. The topological polar surface area (TPSA) is 84.3 Å². The van der Waals surface area contributed by atoms with Crippen molar-refractivity contribution in [3.8, 4) is 0 Å². The van der Waals surface area contributed by atoms with E-state index in [1.54, 1.807) is 6.07 Å². The van der Waals surface area contributed by atoms with E-state index in [-0.39, 0.29) is 36.5 Å². The van der Waals surface area contributed by atoms with Crippen molar-refractivity contribution in [1.29, 1.82) is 0 Å². The number of nitrogens with one attached hydrogen (secondary N) is 2. The van der Waals surface area contributed by atoms with Crippen molar-refractivity contribution >= 4 is 39.9 Å². The molecule has 1 aromatic rings. The molecule has 1 fully saturated rings. The lowest BCUT2D eigenvalue weighted by atomic mass is 10.1. The maximum atomic E-state index is 12.0. The number of piperidine rings is 1. The molecule has 2 N–H and O–H groups in total. The summed E-state index contributed by atoms with van der Waals surface area (Å²) in [6, 6.07) is 4.62. The first-order chi connectivity index (χ1) is 9.56. The molecule has 1 heterocycles. The molecule has 1 aliphatic heterocycles.